The van der Waals surface area contributed by atoms with Gasteiger partial charge in [-0.25, -0.2) is 44.4 Å². The Morgan fingerprint density at radius 3 is 1.24 bits per heavy atom. The summed E-state index contributed by atoms with van der Waals surface area (Å²) in [5.41, 5.74) is -6.84. The number of nitrogens with zero attached hydrogens (tertiary/aromatic N) is 4. The number of ether oxygens (including phenoxy) is 6. The summed E-state index contributed by atoms with van der Waals surface area (Å²) >= 11 is 0. The highest BCUT2D eigenvalue weighted by Crippen LogP contribution is 2.60. The molecule has 2 saturated heterocycles. The molecule has 30 heteroatoms. The van der Waals surface area contributed by atoms with E-state index in [1.54, 1.807) is 13.8 Å². The zero-order valence-corrected chi connectivity index (χ0v) is 68.8. The number of hydrogen-bond donors (Lipinski definition) is 2. The molecule has 14 atom stereocenters. The van der Waals surface area contributed by atoms with Gasteiger partial charge in [-0.05, 0) is 166 Å². The smallest absolute Gasteiger partial charge is 0.307 e. The van der Waals surface area contributed by atoms with E-state index in [4.69, 9.17) is 28.4 Å². The molecule has 2 aromatic heterocycles. The number of Topliss-reactive ketones (excluding diaryl/α,β-unsaturated/α-hetero) is 2. The van der Waals surface area contributed by atoms with Gasteiger partial charge >= 0.3 is 11.9 Å². The van der Waals surface area contributed by atoms with Gasteiger partial charge in [0.1, 0.15) is 23.7 Å². The third-order valence-electron chi connectivity index (χ3n) is 25.3. The number of fused-ring (bicyclic) bond motifs is 6. The maximum Gasteiger partial charge on any atom is 0.307 e. The molecule has 4 amide bonds. The average Bonchev–Trinajstić information content (AvgIpc) is 1.58. The van der Waals surface area contributed by atoms with E-state index in [9.17, 15) is 72.8 Å². The molecule has 624 valence electrons. The second kappa shape index (κ2) is 34.1. The van der Waals surface area contributed by atoms with Crippen molar-refractivity contribution in [2.24, 2.45) is 58.2 Å². The molecule has 2 N–H and O–H groups in total. The van der Waals surface area contributed by atoms with Crippen LogP contribution in [0.3, 0.4) is 0 Å². The lowest BCUT2D eigenvalue weighted by molar-refractivity contribution is -0.175. The van der Waals surface area contributed by atoms with Crippen LogP contribution < -0.4 is 28.4 Å². The predicted octanol–water partition coefficient (Wildman–Crippen LogP) is 13.1. The van der Waals surface area contributed by atoms with Gasteiger partial charge in [0.05, 0.1) is 96.8 Å². The number of pyridine rings is 2. The standard InChI is InChI=1S/2C42H55F2N3O9S/c2*1-7-26-18-25(2)12-8-9-13-27-21-42(27,39(51)46-57(52,53)41(5)16-17-41)22-33(48)32-19-28(55-36-30-15-11-10-14-29(30)34(54-6)23-45-36)24-47(32)37(50)31(26)20-35(49)56-40(3,4)38(43)44/h2*9-11,13-15,23,25-28,31-32,38H,7-8,12,16-22,24H2,1-6H3,(H,46,51)/b2*13-9-/t25-,26+,27+,28+,31-,32-,42+;25-,26-,27-,28-,31+,32+,42-/m01/s1. The Kier molecular flexibility index (Phi) is 25.9. The van der Waals surface area contributed by atoms with Crippen molar-refractivity contribution < 1.29 is 101 Å². The third-order valence-corrected chi connectivity index (χ3v) is 29.6. The number of hydrogen-bond acceptors (Lipinski definition) is 20. The van der Waals surface area contributed by atoms with Crippen LogP contribution in [-0.2, 0) is 67.9 Å². The molecule has 4 aliphatic heterocycles. The van der Waals surface area contributed by atoms with E-state index in [1.807, 2.05) is 101 Å². The highest BCUT2D eigenvalue weighted by atomic mass is 32.2. The summed E-state index contributed by atoms with van der Waals surface area (Å²) in [6.07, 6.45) is 8.86. The molecular formula is C84H110F4N6O18S2. The summed E-state index contributed by atoms with van der Waals surface area (Å²) in [5.74, 6) is -7.03. The van der Waals surface area contributed by atoms with Gasteiger partial charge in [0.2, 0.25) is 55.4 Å². The number of methoxy groups -OCH3 is 2. The zero-order chi connectivity index (χ0) is 83.0. The summed E-state index contributed by atoms with van der Waals surface area (Å²) in [7, 11) is -4.94. The van der Waals surface area contributed by atoms with Gasteiger partial charge < -0.3 is 38.2 Å². The molecule has 0 spiro atoms. The van der Waals surface area contributed by atoms with E-state index in [2.05, 4.69) is 19.4 Å². The number of rotatable bonds is 22. The summed E-state index contributed by atoms with van der Waals surface area (Å²) in [4.78, 5) is 126. The number of nitrogens with one attached hydrogen (secondary N) is 2. The molecule has 0 unspecified atom stereocenters. The Morgan fingerprint density at radius 2 is 0.912 bits per heavy atom. The Hall–Kier alpha value is -8.28. The topological polar surface area (TPSA) is 317 Å². The molecule has 6 heterocycles. The SMILES string of the molecule is CC[C@@H]1C[C@@H](C)CC/C=C\[C@@H]2C[C@@]2(C(=O)NS(=O)(=O)C2(C)CC2)CC(=O)[C@@H]2C[C@@H](Oc3ncc(OC)c4ccccc34)CN2C(=O)[C@H]1CC(=O)OC(C)(C)C(F)F.CC[C@@H]1C[C@H](C)CC/C=C\[C@@H]2C[C@@]2(C(=O)NS(=O)(=O)C2(C)CC2)CC(=O)[C@@H]2C[C@@H](Oc3ncc(OC)c4ccccc34)CN2C(=O)[C@H]1CC(=O)OC(C)(C)C(F)F. The van der Waals surface area contributed by atoms with Crippen molar-refractivity contribution in [3.63, 3.8) is 0 Å². The average molecular weight is 1630 g/mol. The summed E-state index contributed by atoms with van der Waals surface area (Å²) in [5, 5.41) is 2.78. The van der Waals surface area contributed by atoms with Crippen LogP contribution >= 0.6 is 0 Å². The molecule has 4 saturated carbocycles. The molecule has 12 rings (SSSR count). The van der Waals surface area contributed by atoms with Crippen molar-refractivity contribution in [1.29, 1.82) is 0 Å². The lowest BCUT2D eigenvalue weighted by atomic mass is 9.79. The second-order valence-corrected chi connectivity index (χ2v) is 39.1. The van der Waals surface area contributed by atoms with Crippen LogP contribution in [0, 0.1) is 58.2 Å². The number of benzene rings is 2. The van der Waals surface area contributed by atoms with E-state index in [-0.39, 0.29) is 98.9 Å². The van der Waals surface area contributed by atoms with Gasteiger partial charge in [-0.2, -0.15) is 0 Å². The maximum absolute atomic E-state index is 15.0. The number of amides is 4. The number of halogens is 4. The molecule has 8 aliphatic rings. The van der Waals surface area contributed by atoms with Crippen molar-refractivity contribution in [3.8, 4) is 23.3 Å². The van der Waals surface area contributed by atoms with E-state index < -0.39 is 161 Å². The Bertz CT molecular complexity index is 4320. The number of carbonyl (C=O) groups excluding carboxylic acids is 8. The van der Waals surface area contributed by atoms with Crippen molar-refractivity contribution in [3.05, 3.63) is 85.2 Å². The van der Waals surface area contributed by atoms with Gasteiger partial charge in [0.25, 0.3) is 12.9 Å². The Morgan fingerprint density at radius 1 is 0.561 bits per heavy atom. The van der Waals surface area contributed by atoms with Gasteiger partial charge in [-0.3, -0.25) is 47.8 Å². The first-order chi connectivity index (χ1) is 53.7. The van der Waals surface area contributed by atoms with E-state index in [0.717, 1.165) is 51.3 Å². The van der Waals surface area contributed by atoms with Crippen LogP contribution in [0.1, 0.15) is 198 Å². The van der Waals surface area contributed by atoms with Crippen molar-refractivity contribution in [2.75, 3.05) is 27.3 Å². The second-order valence-electron chi connectivity index (χ2n) is 34.7. The van der Waals surface area contributed by atoms with Gasteiger partial charge in [0, 0.05) is 47.2 Å². The van der Waals surface area contributed by atoms with Crippen LogP contribution in [0.2, 0.25) is 0 Å². The van der Waals surface area contributed by atoms with Gasteiger partial charge in [-0.1, -0.05) is 101 Å². The van der Waals surface area contributed by atoms with Gasteiger partial charge in [-0.15, -0.1) is 0 Å². The molecular weight excluding hydrogens is 1520 g/mol. The summed E-state index contributed by atoms with van der Waals surface area (Å²) in [6, 6.07) is 12.5. The fraction of sp³-hybridized carbons (Fsp3) is 0.643. The number of carbonyl (C=O) groups is 8. The number of sulfonamides is 2. The quantitative estimate of drug-likeness (QED) is 0.0419. The molecule has 6 fully saturated rings. The number of alkyl halides is 4. The van der Waals surface area contributed by atoms with Crippen LogP contribution in [0.15, 0.2) is 85.2 Å². The number of allylic oxidation sites excluding steroid dienone is 4. The molecule has 4 aliphatic carbocycles. The van der Waals surface area contributed by atoms with Crippen LogP contribution in [-0.4, -0.2) is 169 Å². The van der Waals surface area contributed by atoms with E-state index in [1.165, 1.54) is 36.4 Å². The molecule has 2 aromatic carbocycles. The fourth-order valence-electron chi connectivity index (χ4n) is 16.9. The number of ketones is 2. The molecule has 4 aromatic rings. The first kappa shape index (κ1) is 86.6. The van der Waals surface area contributed by atoms with E-state index >= 15 is 0 Å². The minimum absolute atomic E-state index is 0.0317. The lowest BCUT2D eigenvalue weighted by Crippen LogP contribution is -2.48. The summed E-state index contributed by atoms with van der Waals surface area (Å²) in [6.45, 7) is 15.4. The minimum Gasteiger partial charge on any atom is -0.494 e. The third kappa shape index (κ3) is 18.7. The molecule has 24 nitrogen and oxygen atoms in total. The first-order valence-electron chi connectivity index (χ1n) is 40.0. The molecule has 114 heavy (non-hydrogen) atoms. The first-order valence-corrected chi connectivity index (χ1v) is 43.0. The maximum atomic E-state index is 15.0. The lowest BCUT2D eigenvalue weighted by Gasteiger charge is -2.34. The Labute approximate surface area is 665 Å². The highest BCUT2D eigenvalue weighted by molar-refractivity contribution is 7.92. The normalized spacial score (nSPS) is 29.7. The van der Waals surface area contributed by atoms with E-state index in [0.29, 0.717) is 86.5 Å². The zero-order valence-electron chi connectivity index (χ0n) is 67.2. The number of esters is 2. The Balaban J connectivity index is 0.000000225. The van der Waals surface area contributed by atoms with Crippen LogP contribution in [0.5, 0.6) is 23.3 Å². The monoisotopic (exact) mass is 1630 g/mol. The number of aromatic nitrogens is 2. The van der Waals surface area contributed by atoms with Crippen molar-refractivity contribution in [1.82, 2.24) is 29.2 Å². The molecule has 0 radical (unpaired) electrons. The summed E-state index contributed by atoms with van der Waals surface area (Å²) < 4.78 is 145. The van der Waals surface area contributed by atoms with Crippen LogP contribution in [0.25, 0.3) is 21.5 Å². The largest absolute Gasteiger partial charge is 0.494 e. The molecule has 0 bridgehead atoms. The van der Waals surface area contributed by atoms with Crippen molar-refractivity contribution in [2.45, 2.75) is 255 Å². The highest BCUT2D eigenvalue weighted by Gasteiger charge is 2.65. The minimum atomic E-state index is -4.00. The van der Waals surface area contributed by atoms with Crippen molar-refractivity contribution >= 4 is 88.7 Å². The van der Waals surface area contributed by atoms with Crippen LogP contribution in [0.4, 0.5) is 17.6 Å². The van der Waals surface area contributed by atoms with Gasteiger partial charge in [0.15, 0.2) is 22.8 Å². The fourth-order valence-corrected chi connectivity index (χ4v) is 19.6. The predicted molar refractivity (Wildman–Crippen MR) is 416 cm³/mol.